The molecule has 0 unspecified atom stereocenters. The van der Waals surface area contributed by atoms with Gasteiger partial charge in [0.2, 0.25) is 0 Å². The number of aliphatic hydroxyl groups is 1. The lowest BCUT2D eigenvalue weighted by molar-refractivity contribution is 0.292. The third-order valence-corrected chi connectivity index (χ3v) is 2.65. The molecule has 21 heavy (non-hydrogen) atoms. The zero-order valence-corrected chi connectivity index (χ0v) is 14.2. The van der Waals surface area contributed by atoms with E-state index in [0.717, 1.165) is 36.7 Å². The van der Waals surface area contributed by atoms with E-state index in [0.29, 0.717) is 13.2 Å². The number of nitrogens with one attached hydrogen (secondary N) is 2. The molecule has 1 aromatic rings. The Morgan fingerprint density at radius 3 is 2.43 bits per heavy atom. The lowest BCUT2D eigenvalue weighted by Crippen LogP contribution is -2.28. The highest BCUT2D eigenvalue weighted by atomic mass is 35.5. The van der Waals surface area contributed by atoms with Gasteiger partial charge in [0.05, 0.1) is 20.3 Å². The van der Waals surface area contributed by atoms with E-state index in [1.807, 2.05) is 25.1 Å². The average Bonchev–Trinajstić information content (AvgIpc) is 2.44. The first kappa shape index (κ1) is 22.6. The van der Waals surface area contributed by atoms with E-state index >= 15 is 0 Å². The molecule has 1 rings (SSSR count). The summed E-state index contributed by atoms with van der Waals surface area (Å²) in [6, 6.07) is 5.89. The Morgan fingerprint density at radius 2 is 1.81 bits per heavy atom. The summed E-state index contributed by atoms with van der Waals surface area (Å²) in [5, 5.41) is 15.1. The summed E-state index contributed by atoms with van der Waals surface area (Å²) in [4.78, 5) is 0. The monoisotopic (exact) mass is 340 g/mol. The molecule has 7 heteroatoms. The molecular formula is C14H26Cl2N2O3. The molecule has 5 nitrogen and oxygen atoms in total. The molecule has 0 aromatic heterocycles. The van der Waals surface area contributed by atoms with Gasteiger partial charge < -0.3 is 25.2 Å². The molecule has 0 atom stereocenters. The molecule has 0 heterocycles. The Labute approximate surface area is 139 Å². The van der Waals surface area contributed by atoms with Crippen LogP contribution in [0.15, 0.2) is 18.2 Å². The van der Waals surface area contributed by atoms with Gasteiger partial charge in [-0.3, -0.25) is 0 Å². The van der Waals surface area contributed by atoms with E-state index in [9.17, 15) is 0 Å². The van der Waals surface area contributed by atoms with Gasteiger partial charge >= 0.3 is 0 Å². The van der Waals surface area contributed by atoms with Gasteiger partial charge in [0.15, 0.2) is 11.5 Å². The zero-order valence-electron chi connectivity index (χ0n) is 12.6. The zero-order chi connectivity index (χ0) is 13.9. The van der Waals surface area contributed by atoms with Gasteiger partial charge in [-0.15, -0.1) is 24.8 Å². The minimum absolute atomic E-state index is 0. The van der Waals surface area contributed by atoms with Crippen molar-refractivity contribution >= 4 is 24.8 Å². The number of hydrogen-bond donors (Lipinski definition) is 3. The van der Waals surface area contributed by atoms with E-state index in [1.54, 1.807) is 7.11 Å². The summed E-state index contributed by atoms with van der Waals surface area (Å²) in [5.41, 5.74) is 1.09. The summed E-state index contributed by atoms with van der Waals surface area (Å²) in [7, 11) is 1.65. The van der Waals surface area contributed by atoms with Crippen LogP contribution in [0.25, 0.3) is 0 Å². The summed E-state index contributed by atoms with van der Waals surface area (Å²) < 4.78 is 10.9. The van der Waals surface area contributed by atoms with Crippen molar-refractivity contribution in [3.05, 3.63) is 23.8 Å². The molecule has 0 spiro atoms. The predicted octanol–water partition coefficient (Wildman–Crippen LogP) is 1.61. The van der Waals surface area contributed by atoms with Crippen LogP contribution in [-0.2, 0) is 6.54 Å². The molecule has 0 aliphatic carbocycles. The highest BCUT2D eigenvalue weighted by Gasteiger charge is 2.09. The van der Waals surface area contributed by atoms with Crippen molar-refractivity contribution in [3.63, 3.8) is 0 Å². The van der Waals surface area contributed by atoms with Crippen LogP contribution in [0.5, 0.6) is 11.5 Å². The van der Waals surface area contributed by atoms with Crippen LogP contribution in [0.2, 0.25) is 0 Å². The molecule has 0 amide bonds. The Hall–Kier alpha value is -0.720. The Bertz CT molecular complexity index is 368. The maximum Gasteiger partial charge on any atom is 0.165 e. The normalized spacial score (nSPS) is 9.48. The van der Waals surface area contributed by atoms with Crippen LogP contribution in [0.4, 0.5) is 0 Å². The van der Waals surface area contributed by atoms with Gasteiger partial charge in [0.1, 0.15) is 0 Å². The molecule has 0 aliphatic heterocycles. The first-order valence-corrected chi connectivity index (χ1v) is 6.64. The highest BCUT2D eigenvalue weighted by molar-refractivity contribution is 5.85. The first-order valence-electron chi connectivity index (χ1n) is 6.64. The number of ether oxygens (including phenoxy) is 2. The summed E-state index contributed by atoms with van der Waals surface area (Å²) in [5.74, 6) is 1.57. The fourth-order valence-corrected chi connectivity index (χ4v) is 1.77. The molecule has 124 valence electrons. The minimum Gasteiger partial charge on any atom is -0.493 e. The third-order valence-electron chi connectivity index (χ3n) is 2.65. The minimum atomic E-state index is 0. The van der Waals surface area contributed by atoms with E-state index in [-0.39, 0.29) is 31.4 Å². The van der Waals surface area contributed by atoms with Crippen LogP contribution < -0.4 is 20.1 Å². The lowest BCUT2D eigenvalue weighted by Gasteiger charge is -2.14. The van der Waals surface area contributed by atoms with Crippen LogP contribution in [0.3, 0.4) is 0 Å². The molecule has 3 N–H and O–H groups in total. The fourth-order valence-electron chi connectivity index (χ4n) is 1.77. The SMILES string of the molecule is CCOc1c(CNCCNCCO)cccc1OC.Cl.Cl. The number of halogens is 2. The molecule has 0 bridgehead atoms. The molecule has 0 aliphatic rings. The second kappa shape index (κ2) is 14.2. The first-order chi connectivity index (χ1) is 9.33. The topological polar surface area (TPSA) is 62.8 Å². The lowest BCUT2D eigenvalue weighted by atomic mass is 10.2. The van der Waals surface area contributed by atoms with Crippen molar-refractivity contribution < 1.29 is 14.6 Å². The Morgan fingerprint density at radius 1 is 1.10 bits per heavy atom. The molecule has 0 saturated heterocycles. The van der Waals surface area contributed by atoms with E-state index in [4.69, 9.17) is 14.6 Å². The molecule has 0 radical (unpaired) electrons. The van der Waals surface area contributed by atoms with Crippen molar-refractivity contribution in [2.24, 2.45) is 0 Å². The van der Waals surface area contributed by atoms with E-state index in [1.165, 1.54) is 0 Å². The van der Waals surface area contributed by atoms with Gasteiger partial charge in [-0.25, -0.2) is 0 Å². The number of benzene rings is 1. The maximum absolute atomic E-state index is 8.64. The maximum atomic E-state index is 8.64. The summed E-state index contributed by atoms with van der Waals surface area (Å²) in [6.45, 7) is 5.77. The molecule has 0 fully saturated rings. The number of rotatable bonds is 10. The third kappa shape index (κ3) is 8.34. The van der Waals surface area contributed by atoms with Crippen molar-refractivity contribution in [1.82, 2.24) is 10.6 Å². The van der Waals surface area contributed by atoms with Gasteiger partial charge in [0, 0.05) is 31.7 Å². The summed E-state index contributed by atoms with van der Waals surface area (Å²) in [6.07, 6.45) is 0. The fraction of sp³-hybridized carbons (Fsp3) is 0.571. The van der Waals surface area contributed by atoms with Gasteiger partial charge in [-0.2, -0.15) is 0 Å². The van der Waals surface area contributed by atoms with Crippen LogP contribution in [0, 0.1) is 0 Å². The van der Waals surface area contributed by atoms with E-state index < -0.39 is 0 Å². The molecule has 0 saturated carbocycles. The van der Waals surface area contributed by atoms with Gasteiger partial charge in [-0.1, -0.05) is 12.1 Å². The Kier molecular flexibility index (Phi) is 15.3. The average molecular weight is 341 g/mol. The Balaban J connectivity index is 0. The second-order valence-electron chi connectivity index (χ2n) is 4.03. The molecule has 1 aromatic carbocycles. The standard InChI is InChI=1S/C14H24N2O3.2ClH/c1-3-19-14-12(5-4-6-13(14)18-2)11-16-8-7-15-9-10-17;;/h4-6,15-17H,3,7-11H2,1-2H3;2*1H. The van der Waals surface area contributed by atoms with Crippen molar-refractivity contribution in [1.29, 1.82) is 0 Å². The molecular weight excluding hydrogens is 315 g/mol. The van der Waals surface area contributed by atoms with Crippen LogP contribution in [-0.4, -0.2) is 45.1 Å². The largest absolute Gasteiger partial charge is 0.493 e. The van der Waals surface area contributed by atoms with Crippen molar-refractivity contribution in [3.8, 4) is 11.5 Å². The number of hydrogen-bond acceptors (Lipinski definition) is 5. The van der Waals surface area contributed by atoms with Crippen LogP contribution >= 0.6 is 24.8 Å². The second-order valence-corrected chi connectivity index (χ2v) is 4.03. The quantitative estimate of drug-likeness (QED) is 0.565. The van der Waals surface area contributed by atoms with Crippen LogP contribution in [0.1, 0.15) is 12.5 Å². The smallest absolute Gasteiger partial charge is 0.165 e. The summed E-state index contributed by atoms with van der Waals surface area (Å²) >= 11 is 0. The number of aliphatic hydroxyl groups excluding tert-OH is 1. The van der Waals surface area contributed by atoms with E-state index in [2.05, 4.69) is 10.6 Å². The van der Waals surface area contributed by atoms with Gasteiger partial charge in [-0.05, 0) is 13.0 Å². The predicted molar refractivity (Wildman–Crippen MR) is 90.3 cm³/mol. The number of para-hydroxylation sites is 1. The number of methoxy groups -OCH3 is 1. The van der Waals surface area contributed by atoms with Crippen molar-refractivity contribution in [2.45, 2.75) is 13.5 Å². The highest BCUT2D eigenvalue weighted by Crippen LogP contribution is 2.30. The van der Waals surface area contributed by atoms with Gasteiger partial charge in [0.25, 0.3) is 0 Å². The van der Waals surface area contributed by atoms with Crippen molar-refractivity contribution in [2.75, 3.05) is 40.0 Å².